The quantitative estimate of drug-likeness (QED) is 0.612. The normalized spacial score (nSPS) is 21.4. The Bertz CT molecular complexity index is 791. The lowest BCUT2D eigenvalue weighted by Gasteiger charge is -2.35. The highest BCUT2D eigenvalue weighted by molar-refractivity contribution is 7.99. The van der Waals surface area contributed by atoms with Gasteiger partial charge in [0.25, 0.3) is 5.56 Å². The first kappa shape index (κ1) is 17.4. The molecule has 2 aromatic heterocycles. The number of amides is 1. The van der Waals surface area contributed by atoms with Crippen LogP contribution in [0.5, 0.6) is 0 Å². The molecule has 0 N–H and O–H groups in total. The van der Waals surface area contributed by atoms with Gasteiger partial charge < -0.3 is 9.64 Å². The molecule has 1 amide bonds. The Morgan fingerprint density at radius 1 is 1.42 bits per heavy atom. The van der Waals surface area contributed by atoms with Gasteiger partial charge in [0, 0.05) is 19.6 Å². The van der Waals surface area contributed by atoms with Crippen molar-refractivity contribution in [3.8, 4) is 0 Å². The van der Waals surface area contributed by atoms with Gasteiger partial charge in [-0.05, 0) is 32.2 Å². The monoisotopic (exact) mass is 367 g/mol. The van der Waals surface area contributed by atoms with Crippen molar-refractivity contribution in [3.05, 3.63) is 21.8 Å². The van der Waals surface area contributed by atoms with Crippen LogP contribution in [0.1, 0.15) is 20.8 Å². The second-order valence-corrected chi connectivity index (χ2v) is 7.78. The molecule has 3 rings (SSSR count). The zero-order valence-electron chi connectivity index (χ0n) is 14.0. The minimum Gasteiger partial charge on any atom is -0.372 e. The second kappa shape index (κ2) is 7.25. The number of morpholine rings is 1. The number of hydrogen-bond donors (Lipinski definition) is 0. The molecule has 130 valence electrons. The number of fused-ring (bicyclic) bond motifs is 1. The van der Waals surface area contributed by atoms with Gasteiger partial charge in [-0.3, -0.25) is 14.2 Å². The lowest BCUT2D eigenvalue weighted by Crippen LogP contribution is -2.48. The van der Waals surface area contributed by atoms with Crippen LogP contribution in [0.25, 0.3) is 10.2 Å². The van der Waals surface area contributed by atoms with Crippen LogP contribution in [0.4, 0.5) is 0 Å². The molecule has 8 heteroatoms. The van der Waals surface area contributed by atoms with Crippen LogP contribution in [-0.4, -0.2) is 51.4 Å². The van der Waals surface area contributed by atoms with Crippen molar-refractivity contribution in [2.24, 2.45) is 0 Å². The van der Waals surface area contributed by atoms with Crippen molar-refractivity contribution in [2.75, 3.05) is 18.8 Å². The van der Waals surface area contributed by atoms with Crippen LogP contribution < -0.4 is 5.56 Å². The van der Waals surface area contributed by atoms with E-state index in [2.05, 4.69) is 4.98 Å². The van der Waals surface area contributed by atoms with E-state index in [1.807, 2.05) is 37.1 Å². The molecule has 1 fully saturated rings. The second-order valence-electron chi connectivity index (χ2n) is 5.92. The molecular formula is C16H21N3O3S2. The molecule has 24 heavy (non-hydrogen) atoms. The summed E-state index contributed by atoms with van der Waals surface area (Å²) >= 11 is 2.74. The number of aromatic nitrogens is 2. The number of ether oxygens (including phenoxy) is 1. The van der Waals surface area contributed by atoms with Crippen molar-refractivity contribution in [3.63, 3.8) is 0 Å². The lowest BCUT2D eigenvalue weighted by atomic mass is 10.2. The minimum absolute atomic E-state index is 0.0268. The van der Waals surface area contributed by atoms with E-state index in [0.717, 1.165) is 0 Å². The number of hydrogen-bond acceptors (Lipinski definition) is 6. The van der Waals surface area contributed by atoms with Gasteiger partial charge in [0.15, 0.2) is 5.16 Å². The number of carbonyl (C=O) groups excluding carboxylic acids is 1. The van der Waals surface area contributed by atoms with Crippen LogP contribution >= 0.6 is 23.1 Å². The van der Waals surface area contributed by atoms with Crippen molar-refractivity contribution in [1.82, 2.24) is 14.5 Å². The van der Waals surface area contributed by atoms with E-state index < -0.39 is 0 Å². The Morgan fingerprint density at radius 2 is 2.12 bits per heavy atom. The number of thiophene rings is 1. The summed E-state index contributed by atoms with van der Waals surface area (Å²) in [6, 6.07) is 1.85. The van der Waals surface area contributed by atoms with E-state index in [9.17, 15) is 9.59 Å². The maximum atomic E-state index is 12.5. The molecule has 0 saturated carbocycles. The average molecular weight is 367 g/mol. The first-order valence-electron chi connectivity index (χ1n) is 8.03. The molecule has 0 aromatic carbocycles. The SMILES string of the molecule is CCn1c(SCC(=O)N2CC(C)OC(C)C2)nc2ccsc2c1=O. The predicted octanol–water partition coefficient (Wildman–Crippen LogP) is 2.21. The molecule has 1 saturated heterocycles. The third-order valence-electron chi connectivity index (χ3n) is 3.94. The fourth-order valence-electron chi connectivity index (χ4n) is 2.91. The zero-order chi connectivity index (χ0) is 17.3. The number of thioether (sulfide) groups is 1. The van der Waals surface area contributed by atoms with E-state index in [-0.39, 0.29) is 29.4 Å². The Morgan fingerprint density at radius 3 is 2.79 bits per heavy atom. The fraction of sp³-hybridized carbons (Fsp3) is 0.562. The molecular weight excluding hydrogens is 346 g/mol. The average Bonchev–Trinajstić information content (AvgIpc) is 3.00. The Balaban J connectivity index is 1.75. The molecule has 0 radical (unpaired) electrons. The molecule has 0 spiro atoms. The van der Waals surface area contributed by atoms with Crippen LogP contribution in [0.2, 0.25) is 0 Å². The Labute approximate surface area is 148 Å². The van der Waals surface area contributed by atoms with E-state index in [0.29, 0.717) is 35.0 Å². The highest BCUT2D eigenvalue weighted by atomic mass is 32.2. The van der Waals surface area contributed by atoms with Crippen LogP contribution in [0.15, 0.2) is 21.4 Å². The standard InChI is InChI=1S/C16H21N3O3S2/c1-4-19-15(21)14-12(5-6-23-14)17-16(19)24-9-13(20)18-7-10(2)22-11(3)8-18/h5-6,10-11H,4,7-9H2,1-3H3. The molecule has 1 aliphatic heterocycles. The topological polar surface area (TPSA) is 64.4 Å². The van der Waals surface area contributed by atoms with Gasteiger partial charge in [-0.15, -0.1) is 11.3 Å². The molecule has 1 aliphatic rings. The highest BCUT2D eigenvalue weighted by Crippen LogP contribution is 2.22. The summed E-state index contributed by atoms with van der Waals surface area (Å²) in [6.45, 7) is 7.64. The first-order valence-corrected chi connectivity index (χ1v) is 9.90. The molecule has 6 nitrogen and oxygen atoms in total. The summed E-state index contributed by atoms with van der Waals surface area (Å²) in [7, 11) is 0. The van der Waals surface area contributed by atoms with Gasteiger partial charge in [0.1, 0.15) is 4.70 Å². The molecule has 2 atom stereocenters. The minimum atomic E-state index is -0.0268. The van der Waals surface area contributed by atoms with Crippen molar-refractivity contribution in [2.45, 2.75) is 44.7 Å². The van der Waals surface area contributed by atoms with Gasteiger partial charge in [-0.2, -0.15) is 0 Å². The fourth-order valence-corrected chi connectivity index (χ4v) is 4.66. The summed E-state index contributed by atoms with van der Waals surface area (Å²) in [6.07, 6.45) is 0.105. The molecule has 0 aliphatic carbocycles. The van der Waals surface area contributed by atoms with Gasteiger partial charge >= 0.3 is 0 Å². The maximum Gasteiger partial charge on any atom is 0.272 e. The third kappa shape index (κ3) is 3.50. The Kier molecular flexibility index (Phi) is 5.27. The van der Waals surface area contributed by atoms with Crippen molar-refractivity contribution < 1.29 is 9.53 Å². The number of nitrogens with zero attached hydrogens (tertiary/aromatic N) is 3. The lowest BCUT2D eigenvalue weighted by molar-refractivity contribution is -0.140. The van der Waals surface area contributed by atoms with Gasteiger partial charge in [-0.25, -0.2) is 4.98 Å². The maximum absolute atomic E-state index is 12.5. The van der Waals surface area contributed by atoms with Crippen LogP contribution in [0.3, 0.4) is 0 Å². The van der Waals surface area contributed by atoms with Crippen LogP contribution in [0, 0.1) is 0 Å². The summed E-state index contributed by atoms with van der Waals surface area (Å²) in [4.78, 5) is 31.4. The van der Waals surface area contributed by atoms with Gasteiger partial charge in [0.2, 0.25) is 5.91 Å². The molecule has 0 bridgehead atoms. The summed E-state index contributed by atoms with van der Waals surface area (Å²) < 4.78 is 7.97. The van der Waals surface area contributed by atoms with Crippen molar-refractivity contribution >= 4 is 39.2 Å². The number of carbonyl (C=O) groups is 1. The van der Waals surface area contributed by atoms with E-state index in [1.165, 1.54) is 23.1 Å². The van der Waals surface area contributed by atoms with Gasteiger partial charge in [0.05, 0.1) is 23.5 Å². The predicted molar refractivity (Wildman–Crippen MR) is 96.9 cm³/mol. The van der Waals surface area contributed by atoms with E-state index in [4.69, 9.17) is 4.74 Å². The molecule has 2 aromatic rings. The Hall–Kier alpha value is -1.38. The summed E-state index contributed by atoms with van der Waals surface area (Å²) in [5, 5.41) is 2.48. The van der Waals surface area contributed by atoms with E-state index >= 15 is 0 Å². The molecule has 3 heterocycles. The zero-order valence-corrected chi connectivity index (χ0v) is 15.7. The molecule has 2 unspecified atom stereocenters. The largest absolute Gasteiger partial charge is 0.372 e. The summed E-state index contributed by atoms with van der Waals surface area (Å²) in [5.74, 6) is 0.339. The summed E-state index contributed by atoms with van der Waals surface area (Å²) in [5.41, 5.74) is 0.680. The van der Waals surface area contributed by atoms with Crippen LogP contribution in [-0.2, 0) is 16.1 Å². The van der Waals surface area contributed by atoms with E-state index in [1.54, 1.807) is 4.57 Å². The first-order chi connectivity index (χ1) is 11.5. The smallest absolute Gasteiger partial charge is 0.272 e. The number of rotatable bonds is 4. The van der Waals surface area contributed by atoms with Gasteiger partial charge in [-0.1, -0.05) is 11.8 Å². The highest BCUT2D eigenvalue weighted by Gasteiger charge is 2.26. The third-order valence-corrected chi connectivity index (χ3v) is 5.80. The van der Waals surface area contributed by atoms with Crippen molar-refractivity contribution in [1.29, 1.82) is 0 Å².